The number of halogens is 2. The Kier molecular flexibility index (Phi) is 5.07. The van der Waals surface area contributed by atoms with Gasteiger partial charge in [-0.2, -0.15) is 0 Å². The lowest BCUT2D eigenvalue weighted by molar-refractivity contribution is 0.0740. The number of anilines is 1. The summed E-state index contributed by atoms with van der Waals surface area (Å²) in [6.45, 7) is -0.0805. The summed E-state index contributed by atoms with van der Waals surface area (Å²) >= 11 is 0. The van der Waals surface area contributed by atoms with Crippen molar-refractivity contribution in [3.8, 4) is 0 Å². The molecule has 1 aromatic heterocycles. The van der Waals surface area contributed by atoms with E-state index in [9.17, 15) is 8.78 Å². The van der Waals surface area contributed by atoms with Crippen molar-refractivity contribution in [3.63, 3.8) is 0 Å². The van der Waals surface area contributed by atoms with Crippen molar-refractivity contribution in [1.29, 1.82) is 0 Å². The Morgan fingerprint density at radius 1 is 1.50 bits per heavy atom. The zero-order chi connectivity index (χ0) is 12.0. The van der Waals surface area contributed by atoms with Gasteiger partial charge in [0.05, 0.1) is 18.8 Å². The number of nitrogens with two attached hydrogens (primary N) is 1. The number of nitrogen functional groups attached to an aromatic ring is 1. The molecule has 0 unspecified atom stereocenters. The fourth-order valence-corrected chi connectivity index (χ4v) is 1.38. The van der Waals surface area contributed by atoms with E-state index in [2.05, 4.69) is 4.98 Å². The highest BCUT2D eigenvalue weighted by molar-refractivity contribution is 5.37. The van der Waals surface area contributed by atoms with Crippen molar-refractivity contribution in [1.82, 2.24) is 9.88 Å². The van der Waals surface area contributed by atoms with Crippen molar-refractivity contribution >= 4 is 5.69 Å². The summed E-state index contributed by atoms with van der Waals surface area (Å²) in [5.74, 6) is 0. The summed E-state index contributed by atoms with van der Waals surface area (Å²) < 4.78 is 24.4. The van der Waals surface area contributed by atoms with E-state index in [0.717, 1.165) is 0 Å². The normalized spacial score (nSPS) is 11.3. The van der Waals surface area contributed by atoms with Crippen LogP contribution < -0.4 is 5.73 Å². The topological polar surface area (TPSA) is 62.4 Å². The van der Waals surface area contributed by atoms with Gasteiger partial charge in [0, 0.05) is 25.0 Å². The number of hydrogen-bond acceptors (Lipinski definition) is 4. The molecule has 0 saturated carbocycles. The predicted octanol–water partition coefficient (Wildman–Crippen LogP) is 0.723. The molecule has 1 rings (SSSR count). The molecule has 0 amide bonds. The molecule has 1 heterocycles. The van der Waals surface area contributed by atoms with Gasteiger partial charge in [0.1, 0.15) is 0 Å². The van der Waals surface area contributed by atoms with Crippen molar-refractivity contribution < 1.29 is 13.9 Å². The first-order valence-electron chi connectivity index (χ1n) is 4.93. The van der Waals surface area contributed by atoms with E-state index in [0.29, 0.717) is 11.4 Å². The summed E-state index contributed by atoms with van der Waals surface area (Å²) in [6.07, 6.45) is -0.892. The monoisotopic (exact) mass is 231 g/mol. The average molecular weight is 231 g/mol. The van der Waals surface area contributed by atoms with Crippen LogP contribution in [0, 0.1) is 0 Å². The molecule has 0 aromatic carbocycles. The Morgan fingerprint density at radius 2 is 2.25 bits per heavy atom. The van der Waals surface area contributed by atoms with Crippen LogP contribution in [-0.2, 0) is 6.54 Å². The highest BCUT2D eigenvalue weighted by Crippen LogP contribution is 2.07. The quantitative estimate of drug-likeness (QED) is 0.757. The molecule has 90 valence electrons. The second-order valence-corrected chi connectivity index (χ2v) is 3.43. The fourth-order valence-electron chi connectivity index (χ4n) is 1.38. The Balaban J connectivity index is 2.60. The number of pyridine rings is 1. The van der Waals surface area contributed by atoms with Gasteiger partial charge in [0.25, 0.3) is 6.43 Å². The van der Waals surface area contributed by atoms with Gasteiger partial charge >= 0.3 is 0 Å². The zero-order valence-corrected chi connectivity index (χ0v) is 8.81. The molecule has 16 heavy (non-hydrogen) atoms. The van der Waals surface area contributed by atoms with Crippen molar-refractivity contribution in [2.45, 2.75) is 13.0 Å². The molecule has 3 N–H and O–H groups in total. The van der Waals surface area contributed by atoms with E-state index in [1.165, 1.54) is 11.1 Å². The zero-order valence-electron chi connectivity index (χ0n) is 8.81. The van der Waals surface area contributed by atoms with Crippen LogP contribution in [0.25, 0.3) is 0 Å². The van der Waals surface area contributed by atoms with Crippen LogP contribution in [0.4, 0.5) is 14.5 Å². The first kappa shape index (κ1) is 12.8. The van der Waals surface area contributed by atoms with E-state index in [1.807, 2.05) is 0 Å². The number of aliphatic hydroxyl groups excluding tert-OH is 1. The van der Waals surface area contributed by atoms with Crippen LogP contribution in [0.5, 0.6) is 0 Å². The summed E-state index contributed by atoms with van der Waals surface area (Å²) in [5, 5.41) is 8.75. The minimum atomic E-state index is -2.42. The maximum atomic E-state index is 12.2. The SMILES string of the molecule is Nc1ccnc(CN(CCO)CC(F)F)c1. The van der Waals surface area contributed by atoms with Gasteiger partial charge in [-0.15, -0.1) is 0 Å². The fraction of sp³-hybridized carbons (Fsp3) is 0.500. The Morgan fingerprint density at radius 3 is 2.81 bits per heavy atom. The Labute approximate surface area is 92.7 Å². The summed E-state index contributed by atoms with van der Waals surface area (Å²) in [4.78, 5) is 5.46. The number of nitrogens with zero attached hydrogens (tertiary/aromatic N) is 2. The molecule has 0 aliphatic rings. The van der Waals surface area contributed by atoms with Gasteiger partial charge in [-0.1, -0.05) is 0 Å². The lowest BCUT2D eigenvalue weighted by atomic mass is 10.3. The number of rotatable bonds is 6. The van der Waals surface area contributed by atoms with Crippen LogP contribution in [0.15, 0.2) is 18.3 Å². The summed E-state index contributed by atoms with van der Waals surface area (Å²) in [5.41, 5.74) is 6.72. The van der Waals surface area contributed by atoms with Crippen molar-refractivity contribution in [3.05, 3.63) is 24.0 Å². The van der Waals surface area contributed by atoms with Gasteiger partial charge < -0.3 is 10.8 Å². The Bertz CT molecular complexity index is 323. The van der Waals surface area contributed by atoms with Gasteiger partial charge in [0.2, 0.25) is 0 Å². The van der Waals surface area contributed by atoms with E-state index in [1.54, 1.807) is 12.1 Å². The molecule has 0 radical (unpaired) electrons. The van der Waals surface area contributed by atoms with E-state index < -0.39 is 6.43 Å². The largest absolute Gasteiger partial charge is 0.399 e. The molecule has 0 aliphatic heterocycles. The van der Waals surface area contributed by atoms with Crippen LogP contribution in [0.1, 0.15) is 5.69 Å². The van der Waals surface area contributed by atoms with Crippen LogP contribution >= 0.6 is 0 Å². The second-order valence-electron chi connectivity index (χ2n) is 3.43. The average Bonchev–Trinajstić information content (AvgIpc) is 2.16. The molecular formula is C10H15F2N3O. The van der Waals surface area contributed by atoms with Gasteiger partial charge in [-0.05, 0) is 12.1 Å². The smallest absolute Gasteiger partial charge is 0.251 e. The standard InChI is InChI=1S/C10H15F2N3O/c11-10(12)7-15(3-4-16)6-9-5-8(13)1-2-14-9/h1-2,5,10,16H,3-4,6-7H2,(H2,13,14). The summed E-state index contributed by atoms with van der Waals surface area (Å²) in [6, 6.07) is 3.27. The molecule has 4 nitrogen and oxygen atoms in total. The van der Waals surface area contributed by atoms with Crippen molar-refractivity contribution in [2.75, 3.05) is 25.4 Å². The number of alkyl halides is 2. The molecule has 0 atom stereocenters. The molecule has 0 bridgehead atoms. The third kappa shape index (κ3) is 4.50. The minimum absolute atomic E-state index is 0.158. The highest BCUT2D eigenvalue weighted by atomic mass is 19.3. The molecule has 1 aromatic rings. The second kappa shape index (κ2) is 6.34. The van der Waals surface area contributed by atoms with E-state index >= 15 is 0 Å². The van der Waals surface area contributed by atoms with Crippen LogP contribution in [0.3, 0.4) is 0 Å². The highest BCUT2D eigenvalue weighted by Gasteiger charge is 2.12. The Hall–Kier alpha value is -1.27. The van der Waals surface area contributed by atoms with Gasteiger partial charge in [0.15, 0.2) is 0 Å². The third-order valence-electron chi connectivity index (χ3n) is 2.04. The van der Waals surface area contributed by atoms with Gasteiger partial charge in [-0.25, -0.2) is 8.78 Å². The molecule has 0 saturated heterocycles. The van der Waals surface area contributed by atoms with E-state index in [-0.39, 0.29) is 26.2 Å². The third-order valence-corrected chi connectivity index (χ3v) is 2.04. The molecule has 6 heteroatoms. The summed E-state index contributed by atoms with van der Waals surface area (Å²) in [7, 11) is 0. The van der Waals surface area contributed by atoms with Crippen molar-refractivity contribution in [2.24, 2.45) is 0 Å². The number of aromatic nitrogens is 1. The molecule has 0 fully saturated rings. The first-order chi connectivity index (χ1) is 7.61. The first-order valence-corrected chi connectivity index (χ1v) is 4.93. The minimum Gasteiger partial charge on any atom is -0.399 e. The lowest BCUT2D eigenvalue weighted by Crippen LogP contribution is -2.31. The maximum absolute atomic E-state index is 12.2. The predicted molar refractivity (Wildman–Crippen MR) is 57.0 cm³/mol. The maximum Gasteiger partial charge on any atom is 0.251 e. The molecule has 0 spiro atoms. The molecule has 0 aliphatic carbocycles. The van der Waals surface area contributed by atoms with E-state index in [4.69, 9.17) is 10.8 Å². The van der Waals surface area contributed by atoms with Crippen LogP contribution in [-0.4, -0.2) is 41.1 Å². The lowest BCUT2D eigenvalue weighted by Gasteiger charge is -2.20. The van der Waals surface area contributed by atoms with Crippen LogP contribution in [0.2, 0.25) is 0 Å². The number of hydrogen-bond donors (Lipinski definition) is 2. The number of aliphatic hydroxyl groups is 1. The van der Waals surface area contributed by atoms with Gasteiger partial charge in [-0.3, -0.25) is 9.88 Å². The molecular weight excluding hydrogens is 216 g/mol.